The molecule has 0 bridgehead atoms. The summed E-state index contributed by atoms with van der Waals surface area (Å²) in [5, 5.41) is 11.7. The Hall–Kier alpha value is -1.25. The van der Waals surface area contributed by atoms with Crippen LogP contribution in [0.25, 0.3) is 0 Å². The molecule has 52 valence electrons. The zero-order valence-electron chi connectivity index (χ0n) is 5.49. The van der Waals surface area contributed by atoms with E-state index in [1.54, 1.807) is 0 Å². The van der Waals surface area contributed by atoms with Crippen LogP contribution < -0.4 is 0 Å². The highest BCUT2D eigenvalue weighted by Gasteiger charge is 2.15. The summed E-state index contributed by atoms with van der Waals surface area (Å²) in [4.78, 5) is 0. The molecular formula is C7H8N2O. The van der Waals surface area contributed by atoms with Gasteiger partial charge in [-0.05, 0) is 12.1 Å². The van der Waals surface area contributed by atoms with Crippen molar-refractivity contribution < 1.29 is 5.21 Å². The lowest BCUT2D eigenvalue weighted by molar-refractivity contribution is 0.318. The fourth-order valence-corrected chi connectivity index (χ4v) is 1.33. The maximum atomic E-state index is 8.51. The number of aryl methyl sites for hydroxylation is 1. The molecular weight excluding hydrogens is 128 g/mol. The van der Waals surface area contributed by atoms with Gasteiger partial charge in [0, 0.05) is 19.2 Å². The van der Waals surface area contributed by atoms with Gasteiger partial charge in [0.1, 0.15) is 5.71 Å². The lowest BCUT2D eigenvalue weighted by atomic mass is 10.2. The van der Waals surface area contributed by atoms with Crippen molar-refractivity contribution in [3.8, 4) is 0 Å². The van der Waals surface area contributed by atoms with E-state index in [0.29, 0.717) is 0 Å². The van der Waals surface area contributed by atoms with E-state index in [-0.39, 0.29) is 0 Å². The van der Waals surface area contributed by atoms with Crippen molar-refractivity contribution in [2.75, 3.05) is 0 Å². The molecule has 0 aliphatic carbocycles. The average molecular weight is 136 g/mol. The predicted molar refractivity (Wildman–Crippen MR) is 37.4 cm³/mol. The van der Waals surface area contributed by atoms with Crippen molar-refractivity contribution in [3.05, 3.63) is 24.0 Å². The van der Waals surface area contributed by atoms with Crippen LogP contribution >= 0.6 is 0 Å². The fraction of sp³-hybridized carbons (Fsp3) is 0.286. The summed E-state index contributed by atoms with van der Waals surface area (Å²) in [6, 6.07) is 3.92. The third-order valence-corrected chi connectivity index (χ3v) is 1.84. The first-order chi connectivity index (χ1) is 4.92. The minimum absolute atomic E-state index is 0.796. The molecule has 2 heterocycles. The smallest absolute Gasteiger partial charge is 0.105 e. The molecule has 0 amide bonds. The van der Waals surface area contributed by atoms with E-state index >= 15 is 0 Å². The molecule has 0 atom stereocenters. The summed E-state index contributed by atoms with van der Waals surface area (Å²) in [6.07, 6.45) is 2.85. The van der Waals surface area contributed by atoms with E-state index in [4.69, 9.17) is 5.21 Å². The van der Waals surface area contributed by atoms with Crippen LogP contribution in [0.1, 0.15) is 12.1 Å². The van der Waals surface area contributed by atoms with E-state index in [2.05, 4.69) is 9.72 Å². The van der Waals surface area contributed by atoms with E-state index < -0.39 is 0 Å². The number of fused-ring (bicyclic) bond motifs is 1. The highest BCUT2D eigenvalue weighted by atomic mass is 16.4. The van der Waals surface area contributed by atoms with Gasteiger partial charge >= 0.3 is 0 Å². The van der Waals surface area contributed by atoms with Crippen LogP contribution in [0.15, 0.2) is 23.5 Å². The van der Waals surface area contributed by atoms with Gasteiger partial charge in [-0.15, -0.1) is 0 Å². The molecule has 0 radical (unpaired) electrons. The highest BCUT2D eigenvalue weighted by molar-refractivity contribution is 6.00. The van der Waals surface area contributed by atoms with Crippen LogP contribution in [0, 0.1) is 0 Å². The van der Waals surface area contributed by atoms with Crippen molar-refractivity contribution in [2.24, 2.45) is 5.16 Å². The standard InChI is InChI=1S/C7H8N2O/c10-8-6-3-5-9-4-1-2-7(6)9/h1-2,4,10H,3,5H2/b8-6+. The van der Waals surface area contributed by atoms with Crippen LogP contribution in [0.3, 0.4) is 0 Å². The van der Waals surface area contributed by atoms with Gasteiger partial charge in [0.2, 0.25) is 0 Å². The van der Waals surface area contributed by atoms with Gasteiger partial charge in [0.15, 0.2) is 0 Å². The van der Waals surface area contributed by atoms with Gasteiger partial charge in [-0.1, -0.05) is 5.16 Å². The maximum Gasteiger partial charge on any atom is 0.105 e. The Morgan fingerprint density at radius 3 is 3.30 bits per heavy atom. The minimum Gasteiger partial charge on any atom is -0.411 e. The van der Waals surface area contributed by atoms with Gasteiger partial charge in [-0.25, -0.2) is 0 Å². The number of aromatic nitrogens is 1. The number of oxime groups is 1. The molecule has 0 fully saturated rings. The quantitative estimate of drug-likeness (QED) is 0.420. The summed E-state index contributed by atoms with van der Waals surface area (Å²) >= 11 is 0. The summed E-state index contributed by atoms with van der Waals surface area (Å²) < 4.78 is 2.08. The lowest BCUT2D eigenvalue weighted by Crippen LogP contribution is -1.92. The highest BCUT2D eigenvalue weighted by Crippen LogP contribution is 2.14. The molecule has 1 N–H and O–H groups in total. The summed E-state index contributed by atoms with van der Waals surface area (Å²) in [7, 11) is 0. The van der Waals surface area contributed by atoms with E-state index in [1.165, 1.54) is 0 Å². The Labute approximate surface area is 58.6 Å². The van der Waals surface area contributed by atoms with Gasteiger partial charge in [0.25, 0.3) is 0 Å². The van der Waals surface area contributed by atoms with Gasteiger partial charge in [-0.2, -0.15) is 0 Å². The van der Waals surface area contributed by atoms with Crippen molar-refractivity contribution >= 4 is 5.71 Å². The second-order valence-electron chi connectivity index (χ2n) is 2.38. The number of hydrogen-bond donors (Lipinski definition) is 1. The summed E-state index contributed by atoms with van der Waals surface area (Å²) in [5.74, 6) is 0. The molecule has 3 nitrogen and oxygen atoms in total. The normalized spacial score (nSPS) is 19.8. The van der Waals surface area contributed by atoms with E-state index in [9.17, 15) is 0 Å². The zero-order valence-corrected chi connectivity index (χ0v) is 5.49. The predicted octanol–water partition coefficient (Wildman–Crippen LogP) is 1.07. The zero-order chi connectivity index (χ0) is 6.97. The van der Waals surface area contributed by atoms with Crippen molar-refractivity contribution in [2.45, 2.75) is 13.0 Å². The molecule has 1 aliphatic heterocycles. The van der Waals surface area contributed by atoms with E-state index in [1.807, 2.05) is 18.3 Å². The molecule has 1 aromatic rings. The van der Waals surface area contributed by atoms with Crippen LogP contribution in [-0.2, 0) is 6.54 Å². The third kappa shape index (κ3) is 0.572. The Morgan fingerprint density at radius 2 is 2.50 bits per heavy atom. The van der Waals surface area contributed by atoms with E-state index in [0.717, 1.165) is 24.4 Å². The topological polar surface area (TPSA) is 37.5 Å². The first kappa shape index (κ1) is 5.53. The maximum absolute atomic E-state index is 8.51. The second kappa shape index (κ2) is 1.87. The number of hydrogen-bond acceptors (Lipinski definition) is 2. The van der Waals surface area contributed by atoms with Gasteiger partial charge in [0.05, 0.1) is 5.69 Å². The van der Waals surface area contributed by atoms with Crippen molar-refractivity contribution in [1.29, 1.82) is 0 Å². The van der Waals surface area contributed by atoms with Crippen LogP contribution in [0.5, 0.6) is 0 Å². The Balaban J connectivity index is 2.53. The summed E-state index contributed by atoms with van der Waals surface area (Å²) in [6.45, 7) is 0.946. The molecule has 2 rings (SSSR count). The Kier molecular flexibility index (Phi) is 1.03. The second-order valence-corrected chi connectivity index (χ2v) is 2.38. The fourth-order valence-electron chi connectivity index (χ4n) is 1.33. The first-order valence-electron chi connectivity index (χ1n) is 3.28. The van der Waals surface area contributed by atoms with Crippen LogP contribution in [0.2, 0.25) is 0 Å². The molecule has 3 heteroatoms. The molecule has 1 aliphatic rings. The lowest BCUT2D eigenvalue weighted by Gasteiger charge is -1.90. The molecule has 0 spiro atoms. The first-order valence-corrected chi connectivity index (χ1v) is 3.28. The summed E-state index contributed by atoms with van der Waals surface area (Å²) in [5.41, 5.74) is 1.84. The SMILES string of the molecule is O/N=C1\CCn2cccc21. The van der Waals surface area contributed by atoms with Gasteiger partial charge < -0.3 is 9.77 Å². The minimum atomic E-state index is 0.796. The van der Waals surface area contributed by atoms with Gasteiger partial charge in [-0.3, -0.25) is 0 Å². The Bertz CT molecular complexity index is 275. The molecule has 0 aromatic carbocycles. The molecule has 0 unspecified atom stereocenters. The monoisotopic (exact) mass is 136 g/mol. The Morgan fingerprint density at radius 1 is 1.60 bits per heavy atom. The molecule has 0 saturated heterocycles. The molecule has 1 aromatic heterocycles. The molecule has 10 heavy (non-hydrogen) atoms. The average Bonchev–Trinajstić information content (AvgIpc) is 2.44. The largest absolute Gasteiger partial charge is 0.411 e. The number of nitrogens with zero attached hydrogens (tertiary/aromatic N) is 2. The van der Waals surface area contributed by atoms with Crippen LogP contribution in [0.4, 0.5) is 0 Å². The number of rotatable bonds is 0. The van der Waals surface area contributed by atoms with Crippen LogP contribution in [-0.4, -0.2) is 15.5 Å². The molecule has 0 saturated carbocycles. The third-order valence-electron chi connectivity index (χ3n) is 1.84. The van der Waals surface area contributed by atoms with Crippen molar-refractivity contribution in [3.63, 3.8) is 0 Å². The van der Waals surface area contributed by atoms with Crippen molar-refractivity contribution in [1.82, 2.24) is 4.57 Å².